The molecule has 2 heterocycles. The summed E-state index contributed by atoms with van der Waals surface area (Å²) in [6.07, 6.45) is 1.59. The summed E-state index contributed by atoms with van der Waals surface area (Å²) in [6.45, 7) is 1.16. The summed E-state index contributed by atoms with van der Waals surface area (Å²) < 4.78 is 0. The van der Waals surface area contributed by atoms with Crippen molar-refractivity contribution in [1.29, 1.82) is 0 Å². The van der Waals surface area contributed by atoms with Crippen LogP contribution in [-0.4, -0.2) is 54.8 Å². The zero-order valence-electron chi connectivity index (χ0n) is 15.2. The summed E-state index contributed by atoms with van der Waals surface area (Å²) in [5, 5.41) is 4.95. The lowest BCUT2D eigenvalue weighted by atomic mass is 10.1. The van der Waals surface area contributed by atoms with E-state index in [1.807, 2.05) is 49.8 Å². The van der Waals surface area contributed by atoms with Gasteiger partial charge < -0.3 is 15.1 Å². The average molecular weight is 372 g/mol. The van der Waals surface area contributed by atoms with Crippen molar-refractivity contribution in [2.45, 2.75) is 24.9 Å². The van der Waals surface area contributed by atoms with E-state index in [1.54, 1.807) is 4.90 Å². The second kappa shape index (κ2) is 8.47. The van der Waals surface area contributed by atoms with Gasteiger partial charge in [-0.05, 0) is 43.9 Å². The van der Waals surface area contributed by atoms with Crippen LogP contribution in [0.15, 0.2) is 47.8 Å². The predicted molar refractivity (Wildman–Crippen MR) is 104 cm³/mol. The van der Waals surface area contributed by atoms with Crippen molar-refractivity contribution in [3.63, 3.8) is 0 Å². The molecule has 138 valence electrons. The highest BCUT2D eigenvalue weighted by Gasteiger charge is 2.35. The van der Waals surface area contributed by atoms with Crippen molar-refractivity contribution in [1.82, 2.24) is 15.1 Å². The zero-order valence-corrected chi connectivity index (χ0v) is 16.0. The molecule has 0 radical (unpaired) electrons. The van der Waals surface area contributed by atoms with Crippen LogP contribution in [0.1, 0.15) is 34.1 Å². The van der Waals surface area contributed by atoms with Crippen molar-refractivity contribution in [3.8, 4) is 0 Å². The smallest absolute Gasteiger partial charge is 0.264 e. The monoisotopic (exact) mass is 371 g/mol. The maximum absolute atomic E-state index is 12.8. The van der Waals surface area contributed by atoms with Crippen molar-refractivity contribution in [2.75, 3.05) is 27.2 Å². The van der Waals surface area contributed by atoms with Crippen molar-refractivity contribution >= 4 is 23.2 Å². The lowest BCUT2D eigenvalue weighted by Gasteiger charge is -2.27. The molecule has 1 aliphatic heterocycles. The number of hydrogen-bond acceptors (Lipinski definition) is 4. The Morgan fingerprint density at radius 3 is 2.65 bits per heavy atom. The van der Waals surface area contributed by atoms with Gasteiger partial charge in [-0.1, -0.05) is 36.4 Å². The number of amides is 2. The van der Waals surface area contributed by atoms with E-state index in [-0.39, 0.29) is 23.9 Å². The van der Waals surface area contributed by atoms with Crippen LogP contribution in [0.2, 0.25) is 0 Å². The minimum absolute atomic E-state index is 0.0372. The van der Waals surface area contributed by atoms with Crippen LogP contribution in [-0.2, 0) is 4.79 Å². The van der Waals surface area contributed by atoms with Gasteiger partial charge in [0.05, 0.1) is 10.9 Å². The number of carbonyl (C=O) groups excluding carboxylic acids is 2. The van der Waals surface area contributed by atoms with Crippen LogP contribution >= 0.6 is 11.3 Å². The third-order valence-corrected chi connectivity index (χ3v) is 5.68. The molecule has 0 aliphatic carbocycles. The maximum atomic E-state index is 12.8. The fourth-order valence-corrected chi connectivity index (χ4v) is 4.09. The van der Waals surface area contributed by atoms with Crippen molar-refractivity contribution in [3.05, 3.63) is 58.3 Å². The number of carbonyl (C=O) groups is 2. The number of hydrogen-bond donors (Lipinski definition) is 1. The van der Waals surface area contributed by atoms with Crippen LogP contribution in [0.5, 0.6) is 0 Å². The van der Waals surface area contributed by atoms with Crippen molar-refractivity contribution in [2.24, 2.45) is 0 Å². The summed E-state index contributed by atoms with van der Waals surface area (Å²) in [5.41, 5.74) is 1.16. The average Bonchev–Trinajstić information content (AvgIpc) is 3.33. The minimum atomic E-state index is -0.372. The first-order chi connectivity index (χ1) is 12.6. The van der Waals surface area contributed by atoms with E-state index in [1.165, 1.54) is 11.3 Å². The molecule has 0 saturated carbocycles. The molecule has 2 aromatic rings. The molecule has 2 atom stereocenters. The summed E-state index contributed by atoms with van der Waals surface area (Å²) >= 11 is 1.42. The Morgan fingerprint density at radius 1 is 1.23 bits per heavy atom. The van der Waals surface area contributed by atoms with Crippen molar-refractivity contribution < 1.29 is 9.59 Å². The van der Waals surface area contributed by atoms with E-state index in [0.29, 0.717) is 18.0 Å². The van der Waals surface area contributed by atoms with E-state index < -0.39 is 0 Å². The predicted octanol–water partition coefficient (Wildman–Crippen LogP) is 2.77. The maximum Gasteiger partial charge on any atom is 0.264 e. The topological polar surface area (TPSA) is 52.7 Å². The highest BCUT2D eigenvalue weighted by molar-refractivity contribution is 7.12. The first-order valence-corrected chi connectivity index (χ1v) is 9.79. The van der Waals surface area contributed by atoms with Crippen LogP contribution in [0.3, 0.4) is 0 Å². The minimum Gasteiger partial charge on any atom is -0.352 e. The fourth-order valence-electron chi connectivity index (χ4n) is 3.41. The number of thiophene rings is 1. The summed E-state index contributed by atoms with van der Waals surface area (Å²) in [7, 11) is 4.01. The summed E-state index contributed by atoms with van der Waals surface area (Å²) in [4.78, 5) is 29.9. The fraction of sp³-hybridized carbons (Fsp3) is 0.400. The molecular formula is C20H25N3O2S. The third-order valence-electron chi connectivity index (χ3n) is 4.83. The van der Waals surface area contributed by atoms with Crippen LogP contribution in [0.25, 0.3) is 0 Å². The van der Waals surface area contributed by atoms with Gasteiger partial charge in [0.2, 0.25) is 5.91 Å². The second-order valence-electron chi connectivity index (χ2n) is 6.77. The molecule has 1 aliphatic rings. The summed E-state index contributed by atoms with van der Waals surface area (Å²) in [6, 6.07) is 13.5. The molecule has 1 aromatic carbocycles. The van der Waals surface area contributed by atoms with Gasteiger partial charge in [0.25, 0.3) is 5.91 Å². The summed E-state index contributed by atoms with van der Waals surface area (Å²) in [5.74, 6) is -0.0972. The number of likely N-dealkylation sites (tertiary alicyclic amines) is 1. The SMILES string of the molecule is CN(C)[C@@H](CNC(=O)[C@@H]1CCCN1C(=O)c1cccs1)c1ccccc1. The zero-order chi connectivity index (χ0) is 18.5. The molecule has 0 unspecified atom stereocenters. The quantitative estimate of drug-likeness (QED) is 0.850. The van der Waals surface area contributed by atoms with Gasteiger partial charge >= 0.3 is 0 Å². The van der Waals surface area contributed by atoms with E-state index in [9.17, 15) is 9.59 Å². The molecule has 1 fully saturated rings. The van der Waals surface area contributed by atoms with E-state index in [2.05, 4.69) is 22.3 Å². The van der Waals surface area contributed by atoms with Gasteiger partial charge in [0.15, 0.2) is 0 Å². The standard InChI is InChI=1S/C20H25N3O2S/c1-22(2)17(15-8-4-3-5-9-15)14-21-19(24)16-10-6-12-23(16)20(25)18-11-7-13-26-18/h3-5,7-9,11,13,16-17H,6,10,12,14H2,1-2H3,(H,21,24)/t16-,17-/m0/s1. The molecule has 0 bridgehead atoms. The Labute approximate surface area is 158 Å². The Hall–Kier alpha value is -2.18. The van der Waals surface area contributed by atoms with E-state index >= 15 is 0 Å². The Bertz CT molecular complexity index is 731. The molecule has 1 saturated heterocycles. The van der Waals surface area contributed by atoms with Crippen LogP contribution in [0.4, 0.5) is 0 Å². The van der Waals surface area contributed by atoms with E-state index in [4.69, 9.17) is 0 Å². The van der Waals surface area contributed by atoms with Crippen LogP contribution in [0, 0.1) is 0 Å². The Balaban J connectivity index is 1.64. The number of nitrogens with one attached hydrogen (secondary N) is 1. The molecule has 6 heteroatoms. The van der Waals surface area contributed by atoms with Gasteiger partial charge in [0.1, 0.15) is 6.04 Å². The molecule has 5 nitrogen and oxygen atoms in total. The number of likely N-dealkylation sites (N-methyl/N-ethyl adjacent to an activating group) is 1. The lowest BCUT2D eigenvalue weighted by Crippen LogP contribution is -2.47. The first kappa shape index (κ1) is 18.6. The Morgan fingerprint density at radius 2 is 2.00 bits per heavy atom. The third kappa shape index (κ3) is 4.14. The van der Waals surface area contributed by atoms with Gasteiger partial charge in [-0.25, -0.2) is 0 Å². The van der Waals surface area contributed by atoms with Gasteiger partial charge in [0, 0.05) is 13.1 Å². The molecule has 0 spiro atoms. The molecule has 1 aromatic heterocycles. The normalized spacial score (nSPS) is 18.1. The number of rotatable bonds is 6. The molecular weight excluding hydrogens is 346 g/mol. The lowest BCUT2D eigenvalue weighted by molar-refractivity contribution is -0.125. The molecule has 1 N–H and O–H groups in total. The molecule has 3 rings (SSSR count). The Kier molecular flexibility index (Phi) is 6.06. The molecule has 26 heavy (non-hydrogen) atoms. The first-order valence-electron chi connectivity index (χ1n) is 8.91. The second-order valence-corrected chi connectivity index (χ2v) is 7.72. The van der Waals surface area contributed by atoms with Crippen LogP contribution < -0.4 is 5.32 Å². The van der Waals surface area contributed by atoms with Gasteiger partial charge in [-0.15, -0.1) is 11.3 Å². The highest BCUT2D eigenvalue weighted by Crippen LogP contribution is 2.23. The van der Waals surface area contributed by atoms with Gasteiger partial charge in [-0.3, -0.25) is 9.59 Å². The largest absolute Gasteiger partial charge is 0.352 e. The van der Waals surface area contributed by atoms with Gasteiger partial charge in [-0.2, -0.15) is 0 Å². The molecule has 2 amide bonds. The van der Waals surface area contributed by atoms with E-state index in [0.717, 1.165) is 18.4 Å². The highest BCUT2D eigenvalue weighted by atomic mass is 32.1. The number of benzene rings is 1. The number of nitrogens with zero attached hydrogens (tertiary/aromatic N) is 2.